The van der Waals surface area contributed by atoms with Crippen molar-refractivity contribution in [3.05, 3.63) is 29.8 Å². The third-order valence-corrected chi connectivity index (χ3v) is 5.73. The fraction of sp³-hybridized carbons (Fsp3) is 0.611. The van der Waals surface area contributed by atoms with Gasteiger partial charge in [0.05, 0.1) is 4.90 Å². The predicted molar refractivity (Wildman–Crippen MR) is 102 cm³/mol. The van der Waals surface area contributed by atoms with Gasteiger partial charge >= 0.3 is 0 Å². The maximum Gasteiger partial charge on any atom is 0.238 e. The van der Waals surface area contributed by atoms with Crippen molar-refractivity contribution in [1.82, 2.24) is 10.2 Å². The quantitative estimate of drug-likeness (QED) is 0.618. The van der Waals surface area contributed by atoms with Gasteiger partial charge in [-0.2, -0.15) is 0 Å². The Labute approximate surface area is 151 Å². The van der Waals surface area contributed by atoms with Crippen LogP contribution in [0.15, 0.2) is 34.2 Å². The van der Waals surface area contributed by atoms with Crippen LogP contribution in [0.4, 0.5) is 0 Å². The average Bonchev–Trinajstić information content (AvgIpc) is 2.55. The van der Waals surface area contributed by atoms with Crippen molar-refractivity contribution >= 4 is 16.0 Å². The van der Waals surface area contributed by atoms with Crippen LogP contribution < -0.4 is 10.5 Å². The first-order chi connectivity index (χ1) is 11.8. The van der Waals surface area contributed by atoms with E-state index < -0.39 is 10.0 Å². The summed E-state index contributed by atoms with van der Waals surface area (Å²) in [6.45, 7) is 7.09. The van der Waals surface area contributed by atoms with Gasteiger partial charge in [0.25, 0.3) is 0 Å². The van der Waals surface area contributed by atoms with E-state index in [1.807, 2.05) is 6.07 Å². The number of piperidine rings is 1. The summed E-state index contributed by atoms with van der Waals surface area (Å²) in [5, 5.41) is 8.56. The van der Waals surface area contributed by atoms with E-state index in [9.17, 15) is 8.42 Å². The summed E-state index contributed by atoms with van der Waals surface area (Å²) in [6, 6.07) is 6.70. The molecule has 0 amide bonds. The molecule has 1 aliphatic rings. The fourth-order valence-corrected chi connectivity index (χ4v) is 4.23. The number of benzene rings is 1. The molecule has 1 unspecified atom stereocenters. The molecule has 1 atom stereocenters. The standard InChI is InChI=1S/C18H30N4O2S/c1-4-9-18(2)10-6-11-22(14-18)17(20-3)21-13-15-7-5-8-16(12-15)25(19,23)24/h5,7-8,12H,4,6,9-11,13-14H2,1-3H3,(H,20,21)(H2,19,23,24). The number of nitrogens with zero attached hydrogens (tertiary/aromatic N) is 2. The van der Waals surface area contributed by atoms with E-state index in [0.717, 1.165) is 31.0 Å². The van der Waals surface area contributed by atoms with E-state index >= 15 is 0 Å². The Morgan fingerprint density at radius 1 is 1.44 bits per heavy atom. The normalized spacial score (nSPS) is 22.1. The van der Waals surface area contributed by atoms with Gasteiger partial charge in [-0.1, -0.05) is 32.4 Å². The van der Waals surface area contributed by atoms with Crippen molar-refractivity contribution in [2.24, 2.45) is 15.5 Å². The van der Waals surface area contributed by atoms with Crippen LogP contribution in [0.25, 0.3) is 0 Å². The second kappa shape index (κ2) is 8.19. The number of likely N-dealkylation sites (tertiary alicyclic amines) is 1. The maximum absolute atomic E-state index is 11.5. The van der Waals surface area contributed by atoms with Gasteiger partial charge < -0.3 is 10.2 Å². The Morgan fingerprint density at radius 2 is 2.20 bits per heavy atom. The molecular formula is C18H30N4O2S. The Hall–Kier alpha value is -1.60. The van der Waals surface area contributed by atoms with Gasteiger partial charge in [-0.05, 0) is 42.4 Å². The second-order valence-electron chi connectivity index (χ2n) is 7.18. The monoisotopic (exact) mass is 366 g/mol. The molecule has 3 N–H and O–H groups in total. The van der Waals surface area contributed by atoms with Gasteiger partial charge in [-0.25, -0.2) is 13.6 Å². The van der Waals surface area contributed by atoms with Crippen molar-refractivity contribution in [3.8, 4) is 0 Å². The average molecular weight is 367 g/mol. The third kappa shape index (κ3) is 5.44. The lowest BCUT2D eigenvalue weighted by molar-refractivity contribution is 0.142. The molecule has 0 saturated carbocycles. The molecule has 1 aromatic rings. The van der Waals surface area contributed by atoms with E-state index in [0.29, 0.717) is 12.0 Å². The summed E-state index contributed by atoms with van der Waals surface area (Å²) in [6.07, 6.45) is 4.83. The predicted octanol–water partition coefficient (Wildman–Crippen LogP) is 2.31. The number of nitrogens with one attached hydrogen (secondary N) is 1. The molecule has 0 aromatic heterocycles. The molecule has 0 spiro atoms. The van der Waals surface area contributed by atoms with Crippen LogP contribution >= 0.6 is 0 Å². The minimum absolute atomic E-state index is 0.135. The van der Waals surface area contributed by atoms with Crippen LogP contribution in [0.2, 0.25) is 0 Å². The highest BCUT2D eigenvalue weighted by atomic mass is 32.2. The second-order valence-corrected chi connectivity index (χ2v) is 8.74. The molecule has 0 radical (unpaired) electrons. The molecule has 6 nitrogen and oxygen atoms in total. The van der Waals surface area contributed by atoms with E-state index in [2.05, 4.69) is 29.1 Å². The first-order valence-electron chi connectivity index (χ1n) is 8.85. The summed E-state index contributed by atoms with van der Waals surface area (Å²) >= 11 is 0. The highest BCUT2D eigenvalue weighted by Crippen LogP contribution is 2.33. The van der Waals surface area contributed by atoms with Gasteiger partial charge in [0.2, 0.25) is 10.0 Å². The zero-order valence-corrected chi connectivity index (χ0v) is 16.3. The number of primary sulfonamides is 1. The van der Waals surface area contributed by atoms with Crippen molar-refractivity contribution in [3.63, 3.8) is 0 Å². The molecule has 25 heavy (non-hydrogen) atoms. The van der Waals surface area contributed by atoms with Gasteiger partial charge in [-0.3, -0.25) is 4.99 Å². The third-order valence-electron chi connectivity index (χ3n) is 4.82. The minimum atomic E-state index is -3.68. The van der Waals surface area contributed by atoms with E-state index in [4.69, 9.17) is 5.14 Å². The number of aliphatic imine (C=N–C) groups is 1. The van der Waals surface area contributed by atoms with Gasteiger partial charge in [-0.15, -0.1) is 0 Å². The highest BCUT2D eigenvalue weighted by Gasteiger charge is 2.31. The maximum atomic E-state index is 11.5. The summed E-state index contributed by atoms with van der Waals surface area (Å²) in [5.41, 5.74) is 1.19. The molecule has 1 aliphatic heterocycles. The number of hydrogen-bond donors (Lipinski definition) is 2. The summed E-state index contributed by atoms with van der Waals surface area (Å²) in [4.78, 5) is 6.85. The number of nitrogens with two attached hydrogens (primary N) is 1. The molecule has 0 bridgehead atoms. The summed E-state index contributed by atoms with van der Waals surface area (Å²) < 4.78 is 23.0. The lowest BCUT2D eigenvalue weighted by Gasteiger charge is -2.42. The lowest BCUT2D eigenvalue weighted by Crippen LogP contribution is -2.49. The lowest BCUT2D eigenvalue weighted by atomic mass is 9.78. The number of guanidine groups is 1. The number of rotatable bonds is 5. The molecule has 1 aromatic carbocycles. The Balaban J connectivity index is 2.03. The van der Waals surface area contributed by atoms with Crippen LogP contribution in [0.3, 0.4) is 0 Å². The fourth-order valence-electron chi connectivity index (χ4n) is 3.65. The van der Waals surface area contributed by atoms with E-state index in [1.165, 1.54) is 25.3 Å². The van der Waals surface area contributed by atoms with Crippen molar-refractivity contribution < 1.29 is 8.42 Å². The molecule has 140 valence electrons. The smallest absolute Gasteiger partial charge is 0.238 e. The largest absolute Gasteiger partial charge is 0.352 e. The number of hydrogen-bond acceptors (Lipinski definition) is 3. The highest BCUT2D eigenvalue weighted by molar-refractivity contribution is 7.89. The molecule has 1 saturated heterocycles. The van der Waals surface area contributed by atoms with Crippen molar-refractivity contribution in [2.45, 2.75) is 51.0 Å². The molecule has 2 rings (SSSR count). The van der Waals surface area contributed by atoms with Gasteiger partial charge in [0.15, 0.2) is 5.96 Å². The Bertz CT molecular complexity index is 714. The molecular weight excluding hydrogens is 336 g/mol. The molecule has 7 heteroatoms. The zero-order chi connectivity index (χ0) is 18.5. The topological polar surface area (TPSA) is 87.8 Å². The minimum Gasteiger partial charge on any atom is -0.352 e. The van der Waals surface area contributed by atoms with Gasteiger partial charge in [0.1, 0.15) is 0 Å². The van der Waals surface area contributed by atoms with E-state index in [-0.39, 0.29) is 4.90 Å². The SMILES string of the molecule is CCCC1(C)CCCN(C(=NC)NCc2cccc(S(N)(=O)=O)c2)C1. The van der Waals surface area contributed by atoms with Crippen LogP contribution in [0.5, 0.6) is 0 Å². The van der Waals surface area contributed by atoms with Gasteiger partial charge in [0, 0.05) is 26.7 Å². The first-order valence-corrected chi connectivity index (χ1v) is 10.4. The Morgan fingerprint density at radius 3 is 2.84 bits per heavy atom. The zero-order valence-electron chi connectivity index (χ0n) is 15.5. The molecule has 1 fully saturated rings. The van der Waals surface area contributed by atoms with E-state index in [1.54, 1.807) is 19.2 Å². The van der Waals surface area contributed by atoms with Crippen LogP contribution in [-0.2, 0) is 16.6 Å². The van der Waals surface area contributed by atoms with Crippen molar-refractivity contribution in [2.75, 3.05) is 20.1 Å². The molecule has 0 aliphatic carbocycles. The Kier molecular flexibility index (Phi) is 6.46. The summed E-state index contributed by atoms with van der Waals surface area (Å²) in [5.74, 6) is 0.864. The van der Waals surface area contributed by atoms with Crippen molar-refractivity contribution in [1.29, 1.82) is 0 Å². The van der Waals surface area contributed by atoms with Crippen LogP contribution in [0, 0.1) is 5.41 Å². The number of sulfonamides is 1. The van der Waals surface area contributed by atoms with Crippen LogP contribution in [0.1, 0.15) is 45.1 Å². The molecule has 1 heterocycles. The summed E-state index contributed by atoms with van der Waals surface area (Å²) in [7, 11) is -1.89. The first kappa shape index (κ1) is 19.7. The van der Waals surface area contributed by atoms with Crippen LogP contribution in [-0.4, -0.2) is 39.4 Å².